The Morgan fingerprint density at radius 1 is 0.844 bits per heavy atom. The van der Waals surface area contributed by atoms with Crippen LogP contribution in [0, 0.1) is 0 Å². The minimum Gasteiger partial charge on any atom is -0.129 e. The van der Waals surface area contributed by atoms with E-state index >= 15 is 0 Å². The molecule has 0 saturated carbocycles. The minimum atomic E-state index is 1.18. The predicted molar refractivity (Wildman–Crippen MR) is 149 cm³/mol. The first-order valence-corrected chi connectivity index (χ1v) is 12.1. The Hall–Kier alpha value is -3.29. The van der Waals surface area contributed by atoms with Gasteiger partial charge >= 0.3 is 0 Å². The molecular weight excluding hydrogens is 404 g/mol. The summed E-state index contributed by atoms with van der Waals surface area (Å²) in [5.41, 5.74) is 5.95. The van der Waals surface area contributed by atoms with Crippen LogP contribution in [0.25, 0.3) is 35.1 Å². The Labute approximate surface area is 197 Å². The molecule has 0 atom stereocenters. The fraction of sp³-hybridized carbons (Fsp3) is 0.0968. The van der Waals surface area contributed by atoms with Crippen LogP contribution in [-0.4, -0.2) is 6.26 Å². The maximum Gasteiger partial charge on any atom is 0.0148 e. The monoisotopic (exact) mass is 434 g/mol. The Balaban J connectivity index is 2.13. The van der Waals surface area contributed by atoms with Crippen molar-refractivity contribution in [1.82, 2.24) is 0 Å². The van der Waals surface area contributed by atoms with Crippen LogP contribution in [0.4, 0.5) is 0 Å². The number of thioether (sulfide) groups is 1. The van der Waals surface area contributed by atoms with Gasteiger partial charge in [0.2, 0.25) is 0 Å². The van der Waals surface area contributed by atoms with Crippen LogP contribution in [0.5, 0.6) is 0 Å². The van der Waals surface area contributed by atoms with Gasteiger partial charge in [-0.05, 0) is 70.8 Å². The van der Waals surface area contributed by atoms with Crippen molar-refractivity contribution < 1.29 is 0 Å². The van der Waals surface area contributed by atoms with Crippen LogP contribution in [0.1, 0.15) is 36.1 Å². The molecule has 0 amide bonds. The minimum absolute atomic E-state index is 1.18. The lowest BCUT2D eigenvalue weighted by molar-refractivity contribution is 1.60. The molecule has 32 heavy (non-hydrogen) atoms. The summed E-state index contributed by atoms with van der Waals surface area (Å²) >= 11 is 1.76. The van der Waals surface area contributed by atoms with Gasteiger partial charge in [-0.1, -0.05) is 110 Å². The largest absolute Gasteiger partial charge is 0.129 e. The van der Waals surface area contributed by atoms with E-state index in [0.29, 0.717) is 0 Å². The summed E-state index contributed by atoms with van der Waals surface area (Å²) in [6, 6.07) is 21.3. The van der Waals surface area contributed by atoms with E-state index in [1.165, 1.54) is 43.5 Å². The number of rotatable bonds is 8. The summed E-state index contributed by atoms with van der Waals surface area (Å²) in [6.07, 6.45) is 21.3. The fourth-order valence-corrected chi connectivity index (χ4v) is 4.32. The van der Waals surface area contributed by atoms with Crippen molar-refractivity contribution in [2.45, 2.75) is 13.8 Å². The van der Waals surface area contributed by atoms with Crippen LogP contribution in [0.15, 0.2) is 108 Å². The van der Waals surface area contributed by atoms with Gasteiger partial charge in [0.1, 0.15) is 0 Å². The number of hydrogen-bond acceptors (Lipinski definition) is 1. The Kier molecular flexibility index (Phi) is 8.71. The second-order valence-electron chi connectivity index (χ2n) is 7.32. The summed E-state index contributed by atoms with van der Waals surface area (Å²) in [5, 5.41) is 2.46. The quantitative estimate of drug-likeness (QED) is 0.318. The van der Waals surface area contributed by atoms with Crippen molar-refractivity contribution in [2.75, 3.05) is 6.26 Å². The lowest BCUT2D eigenvalue weighted by atomic mass is 9.93. The van der Waals surface area contributed by atoms with Gasteiger partial charge in [0.05, 0.1) is 0 Å². The van der Waals surface area contributed by atoms with Crippen LogP contribution in [0.3, 0.4) is 0 Å². The van der Waals surface area contributed by atoms with Crippen molar-refractivity contribution in [3.8, 4) is 0 Å². The van der Waals surface area contributed by atoms with Crippen molar-refractivity contribution >= 4 is 46.8 Å². The second-order valence-corrected chi connectivity index (χ2v) is 8.17. The Morgan fingerprint density at radius 2 is 1.56 bits per heavy atom. The van der Waals surface area contributed by atoms with E-state index in [2.05, 4.69) is 123 Å². The molecule has 0 bridgehead atoms. The topological polar surface area (TPSA) is 0 Å². The van der Waals surface area contributed by atoms with E-state index in [1.807, 2.05) is 19.1 Å². The highest BCUT2D eigenvalue weighted by molar-refractivity contribution is 8.02. The van der Waals surface area contributed by atoms with E-state index in [9.17, 15) is 0 Å². The maximum atomic E-state index is 4.06. The van der Waals surface area contributed by atoms with Crippen molar-refractivity contribution in [1.29, 1.82) is 0 Å². The first-order chi connectivity index (χ1) is 15.7. The van der Waals surface area contributed by atoms with Crippen LogP contribution in [-0.2, 0) is 0 Å². The molecule has 0 aliphatic carbocycles. The molecular formula is C31H30S. The molecule has 0 aromatic heterocycles. The SMILES string of the molecule is C=Cc1c(/C=C\C)cc(\C=C/C(=C\C=C\C)C(=C/c2ccccc2)/SC)c2ccccc12. The van der Waals surface area contributed by atoms with E-state index in [-0.39, 0.29) is 0 Å². The highest BCUT2D eigenvalue weighted by Crippen LogP contribution is 2.31. The third-order valence-electron chi connectivity index (χ3n) is 5.21. The molecule has 0 unspecified atom stereocenters. The van der Waals surface area contributed by atoms with Crippen molar-refractivity contribution in [3.05, 3.63) is 130 Å². The summed E-state index contributed by atoms with van der Waals surface area (Å²) < 4.78 is 0. The molecule has 3 aromatic carbocycles. The molecule has 0 fully saturated rings. The molecule has 0 radical (unpaired) electrons. The maximum absolute atomic E-state index is 4.06. The van der Waals surface area contributed by atoms with E-state index in [4.69, 9.17) is 0 Å². The summed E-state index contributed by atoms with van der Waals surface area (Å²) in [6.45, 7) is 8.15. The summed E-state index contributed by atoms with van der Waals surface area (Å²) in [4.78, 5) is 1.23. The third-order valence-corrected chi connectivity index (χ3v) is 6.01. The average Bonchev–Trinajstić information content (AvgIpc) is 2.83. The van der Waals surface area contributed by atoms with E-state index in [1.54, 1.807) is 11.8 Å². The first kappa shape index (κ1) is 23.4. The van der Waals surface area contributed by atoms with Gasteiger partial charge in [-0.25, -0.2) is 0 Å². The van der Waals surface area contributed by atoms with Crippen LogP contribution >= 0.6 is 11.8 Å². The normalized spacial score (nSPS) is 13.1. The molecule has 3 rings (SSSR count). The Bertz CT molecular complexity index is 1220. The van der Waals surface area contributed by atoms with Gasteiger partial charge < -0.3 is 0 Å². The molecule has 0 heterocycles. The lowest BCUT2D eigenvalue weighted by Gasteiger charge is -2.11. The average molecular weight is 435 g/mol. The smallest absolute Gasteiger partial charge is 0.0148 e. The van der Waals surface area contributed by atoms with E-state index < -0.39 is 0 Å². The van der Waals surface area contributed by atoms with Gasteiger partial charge in [0, 0.05) is 4.91 Å². The van der Waals surface area contributed by atoms with Gasteiger partial charge in [0.25, 0.3) is 0 Å². The van der Waals surface area contributed by atoms with Gasteiger partial charge in [0.15, 0.2) is 0 Å². The first-order valence-electron chi connectivity index (χ1n) is 10.8. The molecule has 1 heteroatoms. The zero-order valence-corrected chi connectivity index (χ0v) is 19.9. The molecule has 0 spiro atoms. The number of benzene rings is 3. The molecule has 160 valence electrons. The highest BCUT2D eigenvalue weighted by Gasteiger charge is 2.08. The summed E-state index contributed by atoms with van der Waals surface area (Å²) in [5.74, 6) is 0. The Morgan fingerprint density at radius 3 is 2.22 bits per heavy atom. The van der Waals surface area contributed by atoms with Crippen molar-refractivity contribution in [2.24, 2.45) is 0 Å². The molecule has 0 nitrogen and oxygen atoms in total. The van der Waals surface area contributed by atoms with Gasteiger partial charge in [-0.15, -0.1) is 11.8 Å². The van der Waals surface area contributed by atoms with Gasteiger partial charge in [-0.2, -0.15) is 0 Å². The fourth-order valence-electron chi connectivity index (χ4n) is 3.69. The molecule has 3 aromatic rings. The lowest BCUT2D eigenvalue weighted by Crippen LogP contribution is -1.89. The standard InChI is InChI=1S/C31H30S/c1-5-8-17-25(31(32-4)22-24-15-10-9-11-16-24)20-21-27-23-26(14-6-2)28(7-3)30-19-13-12-18-29(27)30/h5-23H,3H2,1-2,4H3/b8-5+,14-6-,21-20-,25-17+,31-22-. The highest BCUT2D eigenvalue weighted by atomic mass is 32.2. The van der Waals surface area contributed by atoms with Crippen LogP contribution < -0.4 is 0 Å². The van der Waals surface area contributed by atoms with Gasteiger partial charge in [-0.3, -0.25) is 0 Å². The summed E-state index contributed by atoms with van der Waals surface area (Å²) in [7, 11) is 0. The number of fused-ring (bicyclic) bond motifs is 1. The molecule has 0 aliphatic heterocycles. The van der Waals surface area contributed by atoms with Crippen LogP contribution in [0.2, 0.25) is 0 Å². The molecule has 0 saturated heterocycles. The second kappa shape index (κ2) is 11.9. The van der Waals surface area contributed by atoms with Crippen molar-refractivity contribution in [3.63, 3.8) is 0 Å². The number of allylic oxidation sites excluding steroid dienone is 6. The number of hydrogen-bond donors (Lipinski definition) is 0. The predicted octanol–water partition coefficient (Wildman–Crippen LogP) is 9.44. The van der Waals surface area contributed by atoms with E-state index in [0.717, 1.165) is 0 Å². The zero-order chi connectivity index (χ0) is 22.8. The molecule has 0 aliphatic rings. The zero-order valence-electron chi connectivity index (χ0n) is 19.1. The third kappa shape index (κ3) is 5.69. The molecule has 0 N–H and O–H groups in total.